The Bertz CT molecular complexity index is 652. The normalized spacial score (nSPS) is 20.3. The molecule has 122 valence electrons. The number of hydrogen-bond acceptors (Lipinski definition) is 3. The molecule has 1 aliphatic rings. The molecule has 0 radical (unpaired) electrons. The molecule has 1 saturated heterocycles. The molecule has 0 unspecified atom stereocenters. The molecule has 0 aliphatic carbocycles. The minimum absolute atomic E-state index is 0.278. The monoisotopic (exact) mass is 312 g/mol. The van der Waals surface area contributed by atoms with Crippen LogP contribution in [0, 0.1) is 6.92 Å². The fraction of sp³-hybridized carbons (Fsp3) is 0.444. The number of amides is 1. The first-order chi connectivity index (χ1) is 11.1. The lowest BCUT2D eigenvalue weighted by atomic mass is 9.96. The highest BCUT2D eigenvalue weighted by Gasteiger charge is 2.33. The molecular weight excluding hydrogens is 288 g/mol. The maximum Gasteiger partial charge on any atom is 0.239 e. The van der Waals surface area contributed by atoms with Crippen molar-refractivity contribution >= 4 is 5.91 Å². The van der Waals surface area contributed by atoms with Gasteiger partial charge in [-0.2, -0.15) is 5.10 Å². The van der Waals surface area contributed by atoms with Gasteiger partial charge in [0.25, 0.3) is 0 Å². The highest BCUT2D eigenvalue weighted by Crippen LogP contribution is 2.29. The number of carbonyl (C=O) groups is 1. The van der Waals surface area contributed by atoms with Crippen LogP contribution in [0.15, 0.2) is 42.7 Å². The lowest BCUT2D eigenvalue weighted by Crippen LogP contribution is -2.48. The molecule has 1 aromatic carbocycles. The Morgan fingerprint density at radius 3 is 2.78 bits per heavy atom. The molecule has 2 heterocycles. The molecule has 5 heteroatoms. The van der Waals surface area contributed by atoms with E-state index >= 15 is 0 Å². The third-order valence-corrected chi connectivity index (χ3v) is 4.55. The largest absolute Gasteiger partial charge is 0.368 e. The van der Waals surface area contributed by atoms with Gasteiger partial charge in [0.15, 0.2) is 0 Å². The van der Waals surface area contributed by atoms with Gasteiger partial charge in [0.05, 0.1) is 12.7 Å². The molecule has 1 aliphatic heterocycles. The molecule has 0 bridgehead atoms. The first-order valence-corrected chi connectivity index (χ1v) is 8.24. The van der Waals surface area contributed by atoms with E-state index in [0.717, 1.165) is 37.1 Å². The highest BCUT2D eigenvalue weighted by atomic mass is 16.1. The van der Waals surface area contributed by atoms with Gasteiger partial charge < -0.3 is 5.73 Å². The summed E-state index contributed by atoms with van der Waals surface area (Å²) in [5.41, 5.74) is 7.89. The number of likely N-dealkylation sites (tertiary alicyclic amines) is 1. The number of benzene rings is 1. The van der Waals surface area contributed by atoms with Crippen LogP contribution in [0.5, 0.6) is 0 Å². The van der Waals surface area contributed by atoms with Crippen molar-refractivity contribution in [3.8, 4) is 0 Å². The van der Waals surface area contributed by atoms with Gasteiger partial charge in [0, 0.05) is 12.2 Å². The Balaban J connectivity index is 1.85. The zero-order chi connectivity index (χ0) is 16.2. The quantitative estimate of drug-likeness (QED) is 0.921. The summed E-state index contributed by atoms with van der Waals surface area (Å²) in [6.45, 7) is 3.73. The maximum atomic E-state index is 12.2. The Hall–Kier alpha value is -2.14. The summed E-state index contributed by atoms with van der Waals surface area (Å²) in [5, 5.41) is 4.40. The first kappa shape index (κ1) is 15.7. The van der Waals surface area contributed by atoms with E-state index in [0.29, 0.717) is 0 Å². The van der Waals surface area contributed by atoms with Crippen molar-refractivity contribution in [2.75, 3.05) is 6.54 Å². The number of rotatable bonds is 5. The Kier molecular flexibility index (Phi) is 4.76. The van der Waals surface area contributed by atoms with Crippen molar-refractivity contribution in [3.05, 3.63) is 53.9 Å². The van der Waals surface area contributed by atoms with Crippen molar-refractivity contribution < 1.29 is 4.79 Å². The molecule has 0 saturated carbocycles. The Morgan fingerprint density at radius 2 is 2.13 bits per heavy atom. The Morgan fingerprint density at radius 1 is 1.35 bits per heavy atom. The molecule has 1 amide bonds. The van der Waals surface area contributed by atoms with E-state index in [4.69, 9.17) is 5.73 Å². The van der Waals surface area contributed by atoms with Gasteiger partial charge >= 0.3 is 0 Å². The van der Waals surface area contributed by atoms with Crippen molar-refractivity contribution in [3.63, 3.8) is 0 Å². The number of hydrogen-bond donors (Lipinski definition) is 1. The van der Waals surface area contributed by atoms with Gasteiger partial charge in [0.2, 0.25) is 5.91 Å². The number of nitrogens with two attached hydrogens (primary N) is 1. The maximum absolute atomic E-state index is 12.2. The van der Waals surface area contributed by atoms with Crippen molar-refractivity contribution in [2.24, 2.45) is 5.73 Å². The van der Waals surface area contributed by atoms with E-state index in [-0.39, 0.29) is 18.0 Å². The van der Waals surface area contributed by atoms with E-state index < -0.39 is 0 Å². The lowest BCUT2D eigenvalue weighted by molar-refractivity contribution is -0.125. The summed E-state index contributed by atoms with van der Waals surface area (Å²) in [6.07, 6.45) is 7.27. The number of primary amides is 1. The smallest absolute Gasteiger partial charge is 0.239 e. The highest BCUT2D eigenvalue weighted by molar-refractivity contribution is 5.81. The number of aromatic nitrogens is 2. The molecular formula is C18H24N4O. The average Bonchev–Trinajstić information content (AvgIpc) is 2.95. The molecule has 1 fully saturated rings. The average molecular weight is 312 g/mol. The SMILES string of the molecule is Cc1cnn(C[C@@H]2CCCCN2[C@H](C(N)=O)c2ccccc2)c1. The second kappa shape index (κ2) is 6.96. The van der Waals surface area contributed by atoms with Gasteiger partial charge in [0.1, 0.15) is 6.04 Å². The molecule has 2 aromatic rings. The lowest BCUT2D eigenvalue weighted by Gasteiger charge is -2.40. The third kappa shape index (κ3) is 3.62. The minimum Gasteiger partial charge on any atom is -0.368 e. The topological polar surface area (TPSA) is 64.2 Å². The summed E-state index contributed by atoms with van der Waals surface area (Å²) in [5.74, 6) is -0.278. The van der Waals surface area contributed by atoms with E-state index in [1.54, 1.807) is 0 Å². The van der Waals surface area contributed by atoms with Gasteiger partial charge in [-0.1, -0.05) is 36.8 Å². The Labute approximate surface area is 137 Å². The van der Waals surface area contributed by atoms with E-state index in [2.05, 4.69) is 16.2 Å². The molecule has 1 aromatic heterocycles. The van der Waals surface area contributed by atoms with E-state index in [9.17, 15) is 4.79 Å². The summed E-state index contributed by atoms with van der Waals surface area (Å²) >= 11 is 0. The van der Waals surface area contributed by atoms with Crippen LogP contribution < -0.4 is 5.73 Å². The predicted molar refractivity (Wildman–Crippen MR) is 89.7 cm³/mol. The fourth-order valence-corrected chi connectivity index (χ4v) is 3.50. The number of piperidine rings is 1. The summed E-state index contributed by atoms with van der Waals surface area (Å²) in [4.78, 5) is 14.4. The molecule has 0 spiro atoms. The van der Waals surface area contributed by atoms with Crippen molar-refractivity contribution in [1.82, 2.24) is 14.7 Å². The molecule has 2 atom stereocenters. The second-order valence-corrected chi connectivity index (χ2v) is 6.34. The third-order valence-electron chi connectivity index (χ3n) is 4.55. The number of carbonyl (C=O) groups excluding carboxylic acids is 1. The second-order valence-electron chi connectivity index (χ2n) is 6.34. The van der Waals surface area contributed by atoms with Gasteiger partial charge in [-0.15, -0.1) is 0 Å². The molecule has 5 nitrogen and oxygen atoms in total. The molecule has 2 N–H and O–H groups in total. The molecule has 3 rings (SSSR count). The fourth-order valence-electron chi connectivity index (χ4n) is 3.50. The van der Waals surface area contributed by atoms with Crippen molar-refractivity contribution in [2.45, 2.75) is 44.8 Å². The van der Waals surface area contributed by atoms with Crippen LogP contribution in [0.25, 0.3) is 0 Å². The van der Waals surface area contributed by atoms with E-state index in [1.807, 2.05) is 48.1 Å². The molecule has 23 heavy (non-hydrogen) atoms. The van der Waals surface area contributed by atoms with Crippen LogP contribution in [0.1, 0.15) is 36.4 Å². The standard InChI is InChI=1S/C18H24N4O/c1-14-11-20-21(12-14)13-16-9-5-6-10-22(16)17(18(19)23)15-7-3-2-4-8-15/h2-4,7-8,11-12,16-17H,5-6,9-10,13H2,1H3,(H2,19,23)/t16-,17-/m0/s1. The van der Waals surface area contributed by atoms with Crippen LogP contribution in [0.4, 0.5) is 0 Å². The van der Waals surface area contributed by atoms with E-state index in [1.165, 1.54) is 6.42 Å². The van der Waals surface area contributed by atoms with Crippen LogP contribution in [0.3, 0.4) is 0 Å². The van der Waals surface area contributed by atoms with Crippen molar-refractivity contribution in [1.29, 1.82) is 0 Å². The van der Waals surface area contributed by atoms with Crippen LogP contribution in [-0.4, -0.2) is 33.2 Å². The van der Waals surface area contributed by atoms with Crippen LogP contribution in [0.2, 0.25) is 0 Å². The number of aryl methyl sites for hydroxylation is 1. The van der Waals surface area contributed by atoms with Gasteiger partial charge in [-0.25, -0.2) is 0 Å². The van der Waals surface area contributed by atoms with Gasteiger partial charge in [-0.3, -0.25) is 14.4 Å². The summed E-state index contributed by atoms with van der Waals surface area (Å²) < 4.78 is 1.97. The zero-order valence-electron chi connectivity index (χ0n) is 13.6. The summed E-state index contributed by atoms with van der Waals surface area (Å²) in [6, 6.07) is 9.77. The minimum atomic E-state index is -0.363. The zero-order valence-corrected chi connectivity index (χ0v) is 13.6. The first-order valence-electron chi connectivity index (χ1n) is 8.24. The van der Waals surface area contributed by atoms with Crippen LogP contribution >= 0.6 is 0 Å². The van der Waals surface area contributed by atoms with Gasteiger partial charge in [-0.05, 0) is 37.4 Å². The summed E-state index contributed by atoms with van der Waals surface area (Å²) in [7, 11) is 0. The van der Waals surface area contributed by atoms with Crippen LogP contribution in [-0.2, 0) is 11.3 Å². The predicted octanol–water partition coefficient (Wildman–Crippen LogP) is 2.27. The number of nitrogens with zero attached hydrogens (tertiary/aromatic N) is 3.